The SMILES string of the molecule is CC1Oc2ccc(S(=O)(=O)N(C)C)cc2O1. The normalized spacial score (nSPS) is 19.1. The van der Waals surface area contributed by atoms with Crippen molar-refractivity contribution >= 4 is 10.0 Å². The van der Waals surface area contributed by atoms with Gasteiger partial charge in [0.15, 0.2) is 11.5 Å². The summed E-state index contributed by atoms with van der Waals surface area (Å²) in [5.74, 6) is 1.04. The lowest BCUT2D eigenvalue weighted by atomic mass is 10.3. The van der Waals surface area contributed by atoms with Crippen molar-refractivity contribution in [2.24, 2.45) is 0 Å². The molecule has 2 rings (SSSR count). The maximum absolute atomic E-state index is 11.8. The van der Waals surface area contributed by atoms with Gasteiger partial charge in [0, 0.05) is 27.1 Å². The first-order valence-electron chi connectivity index (χ1n) is 4.81. The van der Waals surface area contributed by atoms with Crippen molar-refractivity contribution in [2.45, 2.75) is 18.1 Å². The molecule has 0 radical (unpaired) electrons. The van der Waals surface area contributed by atoms with Crippen LogP contribution in [0.4, 0.5) is 0 Å². The zero-order valence-electron chi connectivity index (χ0n) is 9.30. The van der Waals surface area contributed by atoms with Crippen LogP contribution in [0.3, 0.4) is 0 Å². The molecule has 0 saturated carbocycles. The zero-order chi connectivity index (χ0) is 11.9. The van der Waals surface area contributed by atoms with Gasteiger partial charge in [-0.2, -0.15) is 0 Å². The van der Waals surface area contributed by atoms with Crippen LogP contribution in [0.1, 0.15) is 6.92 Å². The quantitative estimate of drug-likeness (QED) is 0.779. The lowest BCUT2D eigenvalue weighted by Crippen LogP contribution is -2.22. The second kappa shape index (κ2) is 3.64. The largest absolute Gasteiger partial charge is 0.451 e. The van der Waals surface area contributed by atoms with Crippen molar-refractivity contribution in [2.75, 3.05) is 14.1 Å². The molecule has 0 saturated heterocycles. The molecule has 5 nitrogen and oxygen atoms in total. The van der Waals surface area contributed by atoms with Crippen LogP contribution < -0.4 is 9.47 Å². The van der Waals surface area contributed by atoms with E-state index in [0.717, 1.165) is 4.31 Å². The van der Waals surface area contributed by atoms with Gasteiger partial charge in [-0.05, 0) is 12.1 Å². The van der Waals surface area contributed by atoms with Gasteiger partial charge in [0.1, 0.15) is 0 Å². The highest BCUT2D eigenvalue weighted by Gasteiger charge is 2.24. The first kappa shape index (κ1) is 11.2. The van der Waals surface area contributed by atoms with Gasteiger partial charge >= 0.3 is 0 Å². The highest BCUT2D eigenvalue weighted by Crippen LogP contribution is 2.36. The van der Waals surface area contributed by atoms with Gasteiger partial charge in [0.05, 0.1) is 4.90 Å². The van der Waals surface area contributed by atoms with E-state index < -0.39 is 10.0 Å². The lowest BCUT2D eigenvalue weighted by molar-refractivity contribution is 0.0678. The minimum Gasteiger partial charge on any atom is -0.451 e. The van der Waals surface area contributed by atoms with Crippen LogP contribution in [0, 0.1) is 0 Å². The summed E-state index contributed by atoms with van der Waals surface area (Å²) in [5.41, 5.74) is 0. The third kappa shape index (κ3) is 1.74. The van der Waals surface area contributed by atoms with Gasteiger partial charge in [0.2, 0.25) is 16.3 Å². The molecule has 0 N–H and O–H groups in total. The van der Waals surface area contributed by atoms with Crippen LogP contribution >= 0.6 is 0 Å². The number of nitrogens with zero attached hydrogens (tertiary/aromatic N) is 1. The van der Waals surface area contributed by atoms with Gasteiger partial charge in [0.25, 0.3) is 0 Å². The van der Waals surface area contributed by atoms with Gasteiger partial charge < -0.3 is 9.47 Å². The molecule has 1 aromatic carbocycles. The summed E-state index contributed by atoms with van der Waals surface area (Å²) >= 11 is 0. The Kier molecular flexibility index (Phi) is 2.55. The van der Waals surface area contributed by atoms with Gasteiger partial charge in [-0.15, -0.1) is 0 Å². The summed E-state index contributed by atoms with van der Waals surface area (Å²) in [6.07, 6.45) is -0.368. The number of hydrogen-bond donors (Lipinski definition) is 0. The van der Waals surface area contributed by atoms with E-state index in [2.05, 4.69) is 0 Å². The smallest absolute Gasteiger partial charge is 0.242 e. The fourth-order valence-electron chi connectivity index (χ4n) is 1.43. The Morgan fingerprint density at radius 2 is 1.81 bits per heavy atom. The Labute approximate surface area is 94.6 Å². The van der Waals surface area contributed by atoms with Crippen LogP contribution in [0.2, 0.25) is 0 Å². The van der Waals surface area contributed by atoms with Crippen molar-refractivity contribution in [3.05, 3.63) is 18.2 Å². The molecule has 0 fully saturated rings. The summed E-state index contributed by atoms with van der Waals surface area (Å²) in [6, 6.07) is 4.60. The molecule has 16 heavy (non-hydrogen) atoms. The predicted octanol–water partition coefficient (Wildman–Crippen LogP) is 1.05. The van der Waals surface area contributed by atoms with E-state index in [-0.39, 0.29) is 11.2 Å². The molecule has 1 unspecified atom stereocenters. The fraction of sp³-hybridized carbons (Fsp3) is 0.400. The number of fused-ring (bicyclic) bond motifs is 1. The van der Waals surface area contributed by atoms with Crippen molar-refractivity contribution in [1.82, 2.24) is 4.31 Å². The third-order valence-electron chi connectivity index (χ3n) is 2.28. The summed E-state index contributed by atoms with van der Waals surface area (Å²) in [6.45, 7) is 1.75. The molecule has 1 aromatic rings. The summed E-state index contributed by atoms with van der Waals surface area (Å²) in [4.78, 5) is 0.203. The number of benzene rings is 1. The van der Waals surface area contributed by atoms with E-state index in [4.69, 9.17) is 9.47 Å². The molecule has 6 heteroatoms. The van der Waals surface area contributed by atoms with Gasteiger partial charge in [-0.25, -0.2) is 12.7 Å². The van der Waals surface area contributed by atoms with Gasteiger partial charge in [-0.3, -0.25) is 0 Å². The Hall–Kier alpha value is -1.27. The molecule has 1 heterocycles. The lowest BCUT2D eigenvalue weighted by Gasteiger charge is -2.11. The minimum atomic E-state index is -3.42. The first-order chi connectivity index (χ1) is 7.41. The standard InChI is InChI=1S/C10H13NO4S/c1-7-14-9-5-4-8(6-10(9)15-7)16(12,13)11(2)3/h4-7H,1-3H3. The second-order valence-corrected chi connectivity index (χ2v) is 5.85. The van der Waals surface area contributed by atoms with Crippen LogP contribution in [0.5, 0.6) is 11.5 Å². The summed E-state index contributed by atoms with van der Waals surface area (Å²) in [7, 11) is -0.441. The van der Waals surface area contributed by atoms with Crippen molar-refractivity contribution in [3.63, 3.8) is 0 Å². The second-order valence-electron chi connectivity index (χ2n) is 3.70. The molecule has 0 aromatic heterocycles. The predicted molar refractivity (Wildman–Crippen MR) is 58.0 cm³/mol. The number of sulfonamides is 1. The molecule has 88 valence electrons. The summed E-state index contributed by atoms with van der Waals surface area (Å²) < 4.78 is 35.5. The number of hydrogen-bond acceptors (Lipinski definition) is 4. The molecule has 0 amide bonds. The molecule has 1 atom stereocenters. The molecule has 0 spiro atoms. The van der Waals surface area contributed by atoms with Crippen LogP contribution in [0.25, 0.3) is 0 Å². The minimum absolute atomic E-state index is 0.203. The van der Waals surface area contributed by atoms with Crippen LogP contribution in [-0.4, -0.2) is 33.1 Å². The Balaban J connectivity index is 2.44. The average molecular weight is 243 g/mol. The van der Waals surface area contributed by atoms with Crippen LogP contribution in [0.15, 0.2) is 23.1 Å². The van der Waals surface area contributed by atoms with E-state index in [0.29, 0.717) is 11.5 Å². The Bertz CT molecular complexity index is 510. The average Bonchev–Trinajstić information content (AvgIpc) is 2.56. The van der Waals surface area contributed by atoms with Crippen LogP contribution in [-0.2, 0) is 10.0 Å². The monoisotopic (exact) mass is 243 g/mol. The highest BCUT2D eigenvalue weighted by atomic mass is 32.2. The summed E-state index contributed by atoms with van der Waals surface area (Å²) in [5, 5.41) is 0. The van der Waals surface area contributed by atoms with E-state index in [1.807, 2.05) is 0 Å². The molecule has 0 bridgehead atoms. The first-order valence-corrected chi connectivity index (χ1v) is 6.25. The highest BCUT2D eigenvalue weighted by molar-refractivity contribution is 7.89. The molecular formula is C10H13NO4S. The Morgan fingerprint density at radius 3 is 2.44 bits per heavy atom. The van der Waals surface area contributed by atoms with Crippen molar-refractivity contribution in [3.8, 4) is 11.5 Å². The van der Waals surface area contributed by atoms with Crippen molar-refractivity contribution in [1.29, 1.82) is 0 Å². The third-order valence-corrected chi connectivity index (χ3v) is 4.09. The van der Waals surface area contributed by atoms with Crippen molar-refractivity contribution < 1.29 is 17.9 Å². The molecular weight excluding hydrogens is 230 g/mol. The van der Waals surface area contributed by atoms with E-state index in [1.54, 1.807) is 13.0 Å². The maximum atomic E-state index is 11.8. The fourth-order valence-corrected chi connectivity index (χ4v) is 2.35. The van der Waals surface area contributed by atoms with Gasteiger partial charge in [-0.1, -0.05) is 0 Å². The number of rotatable bonds is 2. The number of ether oxygens (including phenoxy) is 2. The molecule has 0 aliphatic carbocycles. The topological polar surface area (TPSA) is 55.8 Å². The molecule has 1 aliphatic rings. The zero-order valence-corrected chi connectivity index (χ0v) is 10.1. The maximum Gasteiger partial charge on any atom is 0.242 e. The molecule has 1 aliphatic heterocycles. The van der Waals surface area contributed by atoms with E-state index >= 15 is 0 Å². The van der Waals surface area contributed by atoms with E-state index in [9.17, 15) is 8.42 Å². The Morgan fingerprint density at radius 1 is 1.19 bits per heavy atom. The van der Waals surface area contributed by atoms with E-state index in [1.165, 1.54) is 26.2 Å².